The van der Waals surface area contributed by atoms with Gasteiger partial charge < -0.3 is 4.74 Å². The third-order valence-electron chi connectivity index (χ3n) is 2.99. The minimum absolute atomic E-state index is 0.0447. The molecule has 1 atom stereocenters. The monoisotopic (exact) mass is 230 g/mol. The highest BCUT2D eigenvalue weighted by molar-refractivity contribution is 7.99. The summed E-state index contributed by atoms with van der Waals surface area (Å²) >= 11 is 1.96. The molecule has 2 nitrogen and oxygen atoms in total. The molecule has 1 aliphatic carbocycles. The maximum Gasteiger partial charge on any atom is 0.309 e. The second-order valence-electron chi connectivity index (χ2n) is 4.37. The Kier molecular flexibility index (Phi) is 6.15. The lowest BCUT2D eigenvalue weighted by atomic mass is 10.2. The lowest BCUT2D eigenvalue weighted by Gasteiger charge is -2.15. The van der Waals surface area contributed by atoms with Gasteiger partial charge in [0.2, 0.25) is 0 Å². The number of rotatable bonds is 4. The maximum atomic E-state index is 11.2. The summed E-state index contributed by atoms with van der Waals surface area (Å²) in [4.78, 5) is 11.2. The second-order valence-corrected chi connectivity index (χ2v) is 5.70. The molecule has 15 heavy (non-hydrogen) atoms. The molecule has 3 heteroatoms. The van der Waals surface area contributed by atoms with Crippen molar-refractivity contribution >= 4 is 17.7 Å². The fraction of sp³-hybridized carbons (Fsp3) is 0.917. The molecule has 88 valence electrons. The topological polar surface area (TPSA) is 26.3 Å². The van der Waals surface area contributed by atoms with Crippen molar-refractivity contribution < 1.29 is 9.53 Å². The van der Waals surface area contributed by atoms with E-state index in [1.165, 1.54) is 45.6 Å². The number of esters is 1. The van der Waals surface area contributed by atoms with Gasteiger partial charge in [-0.1, -0.05) is 32.6 Å². The summed E-state index contributed by atoms with van der Waals surface area (Å²) in [6.07, 6.45) is 8.18. The zero-order chi connectivity index (χ0) is 11.1. The van der Waals surface area contributed by atoms with Crippen molar-refractivity contribution in [3.8, 4) is 0 Å². The summed E-state index contributed by atoms with van der Waals surface area (Å²) in [6, 6.07) is 0. The molecule has 0 heterocycles. The molecule has 0 amide bonds. The van der Waals surface area contributed by atoms with Crippen LogP contribution in [0.5, 0.6) is 0 Å². The van der Waals surface area contributed by atoms with Crippen LogP contribution in [0, 0.1) is 5.92 Å². The van der Waals surface area contributed by atoms with E-state index < -0.39 is 0 Å². The van der Waals surface area contributed by atoms with E-state index in [1.54, 1.807) is 0 Å². The quantitative estimate of drug-likeness (QED) is 0.548. The maximum absolute atomic E-state index is 11.2. The van der Waals surface area contributed by atoms with Crippen molar-refractivity contribution in [2.45, 2.75) is 50.7 Å². The van der Waals surface area contributed by atoms with Gasteiger partial charge in [0.15, 0.2) is 0 Å². The molecule has 0 aromatic heterocycles. The van der Waals surface area contributed by atoms with Crippen LogP contribution in [0.2, 0.25) is 0 Å². The Morgan fingerprint density at radius 1 is 1.33 bits per heavy atom. The minimum Gasteiger partial charge on any atom is -0.469 e. The van der Waals surface area contributed by atoms with Crippen LogP contribution in [0.1, 0.15) is 45.4 Å². The largest absolute Gasteiger partial charge is 0.469 e. The Morgan fingerprint density at radius 2 is 1.93 bits per heavy atom. The van der Waals surface area contributed by atoms with Crippen molar-refractivity contribution in [3.05, 3.63) is 0 Å². The summed E-state index contributed by atoms with van der Waals surface area (Å²) < 4.78 is 4.72. The number of carbonyl (C=O) groups excluding carboxylic acids is 1. The highest BCUT2D eigenvalue weighted by atomic mass is 32.2. The van der Waals surface area contributed by atoms with Crippen LogP contribution >= 0.6 is 11.8 Å². The zero-order valence-corrected chi connectivity index (χ0v) is 10.6. The van der Waals surface area contributed by atoms with Crippen molar-refractivity contribution in [1.82, 2.24) is 0 Å². The van der Waals surface area contributed by atoms with E-state index in [0.717, 1.165) is 11.0 Å². The molecule has 1 rings (SSSR count). The van der Waals surface area contributed by atoms with Crippen LogP contribution in [0.3, 0.4) is 0 Å². The number of hydrogen-bond donors (Lipinski definition) is 0. The van der Waals surface area contributed by atoms with Crippen molar-refractivity contribution in [2.24, 2.45) is 5.92 Å². The predicted octanol–water partition coefficient (Wildman–Crippen LogP) is 3.25. The SMILES string of the molecule is COC(=O)C(C)CSC1CCCCCC1. The Bertz CT molecular complexity index is 186. The average Bonchev–Trinajstić information content (AvgIpc) is 2.53. The molecule has 1 unspecified atom stereocenters. The number of carbonyl (C=O) groups is 1. The van der Waals surface area contributed by atoms with E-state index in [9.17, 15) is 4.79 Å². The van der Waals surface area contributed by atoms with Gasteiger partial charge in [-0.05, 0) is 12.8 Å². The predicted molar refractivity (Wildman–Crippen MR) is 65.1 cm³/mol. The van der Waals surface area contributed by atoms with E-state index in [2.05, 4.69) is 0 Å². The van der Waals surface area contributed by atoms with E-state index in [1.807, 2.05) is 18.7 Å². The first-order chi connectivity index (χ1) is 7.24. The fourth-order valence-electron chi connectivity index (χ4n) is 1.96. The summed E-state index contributed by atoms with van der Waals surface area (Å²) in [7, 11) is 1.47. The molecule has 0 aliphatic heterocycles. The smallest absolute Gasteiger partial charge is 0.309 e. The lowest BCUT2D eigenvalue weighted by molar-refractivity contribution is -0.143. The van der Waals surface area contributed by atoms with Gasteiger partial charge in [0, 0.05) is 11.0 Å². The Balaban J connectivity index is 2.19. The van der Waals surface area contributed by atoms with Crippen LogP contribution < -0.4 is 0 Å². The van der Waals surface area contributed by atoms with E-state index in [0.29, 0.717) is 0 Å². The summed E-state index contributed by atoms with van der Waals surface area (Å²) in [5.74, 6) is 0.886. The molecular weight excluding hydrogens is 208 g/mol. The van der Waals surface area contributed by atoms with Crippen molar-refractivity contribution in [1.29, 1.82) is 0 Å². The van der Waals surface area contributed by atoms with Crippen LogP contribution in [-0.2, 0) is 9.53 Å². The summed E-state index contributed by atoms with van der Waals surface area (Å²) in [5.41, 5.74) is 0. The van der Waals surface area contributed by atoms with Gasteiger partial charge in [-0.3, -0.25) is 4.79 Å². The standard InChI is InChI=1S/C12H22O2S/c1-10(12(13)14-2)9-15-11-7-5-3-4-6-8-11/h10-11H,3-9H2,1-2H3. The van der Waals surface area contributed by atoms with Gasteiger partial charge in [-0.25, -0.2) is 0 Å². The normalized spacial score (nSPS) is 20.7. The van der Waals surface area contributed by atoms with Gasteiger partial charge in [-0.15, -0.1) is 0 Å². The van der Waals surface area contributed by atoms with Gasteiger partial charge in [0.05, 0.1) is 13.0 Å². The third-order valence-corrected chi connectivity index (χ3v) is 4.62. The number of methoxy groups -OCH3 is 1. The van der Waals surface area contributed by atoms with Crippen LogP contribution in [0.15, 0.2) is 0 Å². The van der Waals surface area contributed by atoms with Gasteiger partial charge in [0.1, 0.15) is 0 Å². The van der Waals surface area contributed by atoms with Crippen molar-refractivity contribution in [2.75, 3.05) is 12.9 Å². The van der Waals surface area contributed by atoms with Gasteiger partial charge in [-0.2, -0.15) is 11.8 Å². The van der Waals surface area contributed by atoms with Gasteiger partial charge in [0.25, 0.3) is 0 Å². The molecule has 0 aromatic carbocycles. The molecule has 0 radical (unpaired) electrons. The van der Waals surface area contributed by atoms with E-state index >= 15 is 0 Å². The van der Waals surface area contributed by atoms with Gasteiger partial charge >= 0.3 is 5.97 Å². The number of hydrogen-bond acceptors (Lipinski definition) is 3. The highest BCUT2D eigenvalue weighted by Crippen LogP contribution is 2.28. The van der Waals surface area contributed by atoms with E-state index in [-0.39, 0.29) is 11.9 Å². The first-order valence-corrected chi connectivity index (χ1v) is 6.98. The molecule has 0 spiro atoms. The Hall–Kier alpha value is -0.180. The van der Waals surface area contributed by atoms with Crippen LogP contribution in [-0.4, -0.2) is 24.1 Å². The van der Waals surface area contributed by atoms with Crippen LogP contribution in [0.25, 0.3) is 0 Å². The first kappa shape index (κ1) is 12.9. The van der Waals surface area contributed by atoms with Crippen molar-refractivity contribution in [3.63, 3.8) is 0 Å². The summed E-state index contributed by atoms with van der Waals surface area (Å²) in [6.45, 7) is 1.95. The molecule has 0 aromatic rings. The molecule has 0 saturated heterocycles. The fourth-order valence-corrected chi connectivity index (χ4v) is 3.32. The number of thioether (sulfide) groups is 1. The molecular formula is C12H22O2S. The Morgan fingerprint density at radius 3 is 2.47 bits per heavy atom. The van der Waals surface area contributed by atoms with Crippen LogP contribution in [0.4, 0.5) is 0 Å². The summed E-state index contributed by atoms with van der Waals surface area (Å²) in [5, 5.41) is 0.777. The lowest BCUT2D eigenvalue weighted by Crippen LogP contribution is -2.16. The molecule has 0 N–H and O–H groups in total. The minimum atomic E-state index is -0.0730. The Labute approximate surface area is 97.1 Å². The molecule has 1 aliphatic rings. The van der Waals surface area contributed by atoms with E-state index in [4.69, 9.17) is 4.74 Å². The second kappa shape index (κ2) is 7.15. The highest BCUT2D eigenvalue weighted by Gasteiger charge is 2.17. The number of ether oxygens (including phenoxy) is 1. The third kappa shape index (κ3) is 4.92. The zero-order valence-electron chi connectivity index (χ0n) is 9.83. The average molecular weight is 230 g/mol. The molecule has 1 fully saturated rings. The molecule has 1 saturated carbocycles. The molecule has 0 bridgehead atoms. The first-order valence-electron chi connectivity index (χ1n) is 5.93.